The lowest BCUT2D eigenvalue weighted by Gasteiger charge is -2.15. The zero-order chi connectivity index (χ0) is 15.4. The van der Waals surface area contributed by atoms with Crippen LogP contribution < -0.4 is 0 Å². The Labute approximate surface area is 133 Å². The molecule has 0 heterocycles. The van der Waals surface area contributed by atoms with Crippen LogP contribution in [0.4, 0.5) is 0 Å². The first-order valence-electron chi connectivity index (χ1n) is 8.10. The molecule has 0 aliphatic rings. The Morgan fingerprint density at radius 1 is 0.636 bits per heavy atom. The van der Waals surface area contributed by atoms with Crippen LogP contribution in [0.15, 0.2) is 72.8 Å². The van der Waals surface area contributed by atoms with Gasteiger partial charge in [0.05, 0.1) is 0 Å². The van der Waals surface area contributed by atoms with E-state index in [-0.39, 0.29) is 0 Å². The minimum absolute atomic E-state index is 1.05. The highest BCUT2D eigenvalue weighted by atomic mass is 14.2. The summed E-state index contributed by atoms with van der Waals surface area (Å²) in [5.41, 5.74) is 8.13. The van der Waals surface area contributed by atoms with Gasteiger partial charge in [-0.05, 0) is 46.2 Å². The van der Waals surface area contributed by atoms with Crippen molar-refractivity contribution >= 4 is 0 Å². The quantitative estimate of drug-likeness (QED) is 0.540. The van der Waals surface area contributed by atoms with Gasteiger partial charge in [0.1, 0.15) is 0 Å². The molecule has 0 radical (unpaired) electrons. The molecule has 0 saturated heterocycles. The maximum absolute atomic E-state index is 2.33. The van der Waals surface area contributed by atoms with Gasteiger partial charge in [-0.1, -0.05) is 86.6 Å². The van der Waals surface area contributed by atoms with Gasteiger partial charge in [-0.25, -0.2) is 0 Å². The molecule has 0 bridgehead atoms. The average molecular weight is 286 g/mol. The lowest BCUT2D eigenvalue weighted by Crippen LogP contribution is -1.93. The Morgan fingerprint density at radius 3 is 2.09 bits per heavy atom. The number of aryl methyl sites for hydroxylation is 2. The first-order chi connectivity index (χ1) is 10.8. The van der Waals surface area contributed by atoms with E-state index in [0.717, 1.165) is 12.8 Å². The molecule has 0 aliphatic carbocycles. The van der Waals surface area contributed by atoms with Gasteiger partial charge in [0.25, 0.3) is 0 Å². The fraction of sp³-hybridized carbons (Fsp3) is 0.182. The number of hydrogen-bond donors (Lipinski definition) is 0. The predicted molar refractivity (Wildman–Crippen MR) is 96.1 cm³/mol. The highest BCUT2D eigenvalue weighted by Crippen LogP contribution is 2.35. The van der Waals surface area contributed by atoms with Gasteiger partial charge in [-0.2, -0.15) is 0 Å². The van der Waals surface area contributed by atoms with Crippen molar-refractivity contribution in [2.45, 2.75) is 26.7 Å². The Balaban J connectivity index is 2.24. The van der Waals surface area contributed by atoms with E-state index in [1.807, 2.05) is 0 Å². The van der Waals surface area contributed by atoms with E-state index in [2.05, 4.69) is 86.6 Å². The third kappa shape index (κ3) is 2.82. The molecule has 0 N–H and O–H groups in total. The monoisotopic (exact) mass is 286 g/mol. The summed E-state index contributed by atoms with van der Waals surface area (Å²) in [6, 6.07) is 26.3. The third-order valence-corrected chi connectivity index (χ3v) is 4.24. The summed E-state index contributed by atoms with van der Waals surface area (Å²) in [7, 11) is 0. The van der Waals surface area contributed by atoms with Crippen molar-refractivity contribution in [3.63, 3.8) is 0 Å². The average Bonchev–Trinajstić information content (AvgIpc) is 2.61. The molecular formula is C22H22. The molecule has 0 atom stereocenters. The maximum atomic E-state index is 2.33. The van der Waals surface area contributed by atoms with E-state index in [4.69, 9.17) is 0 Å². The van der Waals surface area contributed by atoms with Crippen LogP contribution in [-0.2, 0) is 12.8 Å². The van der Waals surface area contributed by atoms with Crippen LogP contribution >= 0.6 is 0 Å². The second kappa shape index (κ2) is 6.62. The first-order valence-corrected chi connectivity index (χ1v) is 8.10. The molecule has 0 spiro atoms. The Morgan fingerprint density at radius 2 is 1.36 bits per heavy atom. The van der Waals surface area contributed by atoms with Crippen LogP contribution in [0, 0.1) is 0 Å². The summed E-state index contributed by atoms with van der Waals surface area (Å²) in [6.45, 7) is 4.44. The zero-order valence-corrected chi connectivity index (χ0v) is 13.3. The molecule has 0 amide bonds. The second-order valence-corrected chi connectivity index (χ2v) is 5.61. The van der Waals surface area contributed by atoms with Crippen molar-refractivity contribution < 1.29 is 0 Å². The van der Waals surface area contributed by atoms with E-state index in [0.29, 0.717) is 0 Å². The smallest absolute Gasteiger partial charge is 0.00733 e. The highest BCUT2D eigenvalue weighted by Gasteiger charge is 2.11. The van der Waals surface area contributed by atoms with Gasteiger partial charge in [-0.3, -0.25) is 0 Å². The van der Waals surface area contributed by atoms with E-state index < -0.39 is 0 Å². The molecule has 0 unspecified atom stereocenters. The summed E-state index contributed by atoms with van der Waals surface area (Å²) in [4.78, 5) is 0. The molecule has 0 nitrogen and oxygen atoms in total. The summed E-state index contributed by atoms with van der Waals surface area (Å²) < 4.78 is 0. The molecule has 3 aromatic rings. The lowest BCUT2D eigenvalue weighted by atomic mass is 9.89. The van der Waals surface area contributed by atoms with Crippen molar-refractivity contribution in [2.24, 2.45) is 0 Å². The fourth-order valence-corrected chi connectivity index (χ4v) is 3.04. The van der Waals surface area contributed by atoms with Crippen LogP contribution in [0.1, 0.15) is 25.0 Å². The van der Waals surface area contributed by atoms with Crippen molar-refractivity contribution in [3.8, 4) is 22.3 Å². The van der Waals surface area contributed by atoms with Crippen LogP contribution in [-0.4, -0.2) is 0 Å². The minimum atomic E-state index is 1.05. The fourth-order valence-electron chi connectivity index (χ4n) is 3.04. The van der Waals surface area contributed by atoms with Gasteiger partial charge in [0.2, 0.25) is 0 Å². The maximum Gasteiger partial charge on any atom is -0.00733 e. The van der Waals surface area contributed by atoms with Crippen LogP contribution in [0.3, 0.4) is 0 Å². The SMILES string of the molecule is CCc1cccc(-c2c(CC)cccc2-c2ccccc2)c1. The summed E-state index contributed by atoms with van der Waals surface area (Å²) in [5, 5.41) is 0. The first kappa shape index (κ1) is 14.6. The minimum Gasteiger partial charge on any atom is -0.0622 e. The molecular weight excluding hydrogens is 264 g/mol. The largest absolute Gasteiger partial charge is 0.0622 e. The van der Waals surface area contributed by atoms with Gasteiger partial charge >= 0.3 is 0 Å². The van der Waals surface area contributed by atoms with Crippen molar-refractivity contribution in [2.75, 3.05) is 0 Å². The van der Waals surface area contributed by atoms with Crippen LogP contribution in [0.5, 0.6) is 0 Å². The van der Waals surface area contributed by atoms with Crippen LogP contribution in [0.2, 0.25) is 0 Å². The zero-order valence-electron chi connectivity index (χ0n) is 13.3. The topological polar surface area (TPSA) is 0 Å². The molecule has 0 aliphatic heterocycles. The van der Waals surface area contributed by atoms with Gasteiger partial charge in [0, 0.05) is 0 Å². The Kier molecular flexibility index (Phi) is 4.39. The number of rotatable bonds is 4. The molecule has 0 fully saturated rings. The van der Waals surface area contributed by atoms with Crippen LogP contribution in [0.25, 0.3) is 22.3 Å². The number of benzene rings is 3. The standard InChI is InChI=1S/C22H22/c1-3-17-10-8-14-20(16-17)22-18(4-2)13-9-15-21(22)19-11-6-5-7-12-19/h5-16H,3-4H2,1-2H3. The normalized spacial score (nSPS) is 10.6. The number of hydrogen-bond acceptors (Lipinski definition) is 0. The van der Waals surface area contributed by atoms with Crippen molar-refractivity contribution in [1.29, 1.82) is 0 Å². The molecule has 3 rings (SSSR count). The Bertz CT molecular complexity index is 754. The molecule has 0 saturated carbocycles. The third-order valence-electron chi connectivity index (χ3n) is 4.24. The van der Waals surface area contributed by atoms with E-state index in [9.17, 15) is 0 Å². The molecule has 0 heteroatoms. The summed E-state index contributed by atoms with van der Waals surface area (Å²) >= 11 is 0. The summed E-state index contributed by atoms with van der Waals surface area (Å²) in [5.74, 6) is 0. The molecule has 110 valence electrons. The van der Waals surface area contributed by atoms with E-state index in [1.54, 1.807) is 0 Å². The summed E-state index contributed by atoms with van der Waals surface area (Å²) in [6.07, 6.45) is 2.12. The van der Waals surface area contributed by atoms with E-state index in [1.165, 1.54) is 33.4 Å². The Hall–Kier alpha value is -2.34. The van der Waals surface area contributed by atoms with Crippen molar-refractivity contribution in [1.82, 2.24) is 0 Å². The van der Waals surface area contributed by atoms with Crippen molar-refractivity contribution in [3.05, 3.63) is 83.9 Å². The predicted octanol–water partition coefficient (Wildman–Crippen LogP) is 6.15. The van der Waals surface area contributed by atoms with Gasteiger partial charge in [0.15, 0.2) is 0 Å². The van der Waals surface area contributed by atoms with Gasteiger partial charge < -0.3 is 0 Å². The lowest BCUT2D eigenvalue weighted by molar-refractivity contribution is 1.13. The molecule has 0 aromatic heterocycles. The van der Waals surface area contributed by atoms with E-state index >= 15 is 0 Å². The second-order valence-electron chi connectivity index (χ2n) is 5.61. The highest BCUT2D eigenvalue weighted by molar-refractivity contribution is 5.86. The molecule has 22 heavy (non-hydrogen) atoms. The van der Waals surface area contributed by atoms with Gasteiger partial charge in [-0.15, -0.1) is 0 Å². The molecule has 3 aromatic carbocycles.